The number of pyridine rings is 1. The van der Waals surface area contributed by atoms with E-state index in [9.17, 15) is 0 Å². The van der Waals surface area contributed by atoms with Crippen LogP contribution < -0.4 is 5.32 Å². The maximum atomic E-state index is 6.15. The molecule has 0 spiro atoms. The van der Waals surface area contributed by atoms with Crippen LogP contribution in [0.1, 0.15) is 10.7 Å². The molecule has 96 valence electrons. The molecule has 3 rings (SSSR count). The standard InChI is InChI=1S/C14H12ClN3S/c1-9-8-19-13(18-9)7-17-12-5-4-11(15)14-10(12)3-2-6-16-14/h2-6,8,17H,7H2,1H3. The van der Waals surface area contributed by atoms with E-state index in [0.717, 1.165) is 27.3 Å². The molecule has 0 aliphatic heterocycles. The molecule has 0 amide bonds. The lowest BCUT2D eigenvalue weighted by Crippen LogP contribution is -2.00. The number of rotatable bonds is 3. The summed E-state index contributed by atoms with van der Waals surface area (Å²) in [5.41, 5.74) is 2.91. The number of nitrogens with zero attached hydrogens (tertiary/aromatic N) is 2. The molecule has 2 aromatic heterocycles. The first-order valence-electron chi connectivity index (χ1n) is 5.92. The topological polar surface area (TPSA) is 37.8 Å². The quantitative estimate of drug-likeness (QED) is 0.782. The van der Waals surface area contributed by atoms with E-state index in [1.165, 1.54) is 0 Å². The molecule has 0 saturated carbocycles. The third-order valence-corrected chi connectivity index (χ3v) is 4.09. The van der Waals surface area contributed by atoms with E-state index in [1.807, 2.05) is 31.2 Å². The molecule has 0 bridgehead atoms. The zero-order chi connectivity index (χ0) is 13.2. The number of aryl methyl sites for hydroxylation is 1. The van der Waals surface area contributed by atoms with Gasteiger partial charge in [0, 0.05) is 28.3 Å². The molecule has 2 heterocycles. The van der Waals surface area contributed by atoms with Crippen molar-refractivity contribution >= 4 is 39.5 Å². The van der Waals surface area contributed by atoms with Crippen LogP contribution in [0, 0.1) is 6.92 Å². The van der Waals surface area contributed by atoms with Crippen molar-refractivity contribution in [3.63, 3.8) is 0 Å². The fourth-order valence-corrected chi connectivity index (χ4v) is 2.87. The Hall–Kier alpha value is -1.65. The molecule has 0 fully saturated rings. The first-order valence-corrected chi connectivity index (χ1v) is 7.18. The molecule has 0 atom stereocenters. The number of hydrogen-bond acceptors (Lipinski definition) is 4. The van der Waals surface area contributed by atoms with Crippen molar-refractivity contribution in [2.24, 2.45) is 0 Å². The van der Waals surface area contributed by atoms with Gasteiger partial charge in [0.25, 0.3) is 0 Å². The van der Waals surface area contributed by atoms with Crippen LogP contribution in [0.5, 0.6) is 0 Å². The van der Waals surface area contributed by atoms with Crippen LogP contribution >= 0.6 is 22.9 Å². The van der Waals surface area contributed by atoms with E-state index >= 15 is 0 Å². The highest BCUT2D eigenvalue weighted by molar-refractivity contribution is 7.09. The molecular weight excluding hydrogens is 278 g/mol. The Labute approximate surface area is 120 Å². The summed E-state index contributed by atoms with van der Waals surface area (Å²) >= 11 is 7.81. The van der Waals surface area contributed by atoms with Crippen LogP contribution in [0.4, 0.5) is 5.69 Å². The van der Waals surface area contributed by atoms with Crippen molar-refractivity contribution in [3.05, 3.63) is 51.6 Å². The minimum absolute atomic E-state index is 0.672. The van der Waals surface area contributed by atoms with Crippen LogP contribution in [0.15, 0.2) is 35.8 Å². The van der Waals surface area contributed by atoms with Gasteiger partial charge < -0.3 is 5.32 Å². The lowest BCUT2D eigenvalue weighted by molar-refractivity contribution is 1.08. The number of fused-ring (bicyclic) bond motifs is 1. The summed E-state index contributed by atoms with van der Waals surface area (Å²) in [6.45, 7) is 2.71. The highest BCUT2D eigenvalue weighted by atomic mass is 35.5. The van der Waals surface area contributed by atoms with Crippen molar-refractivity contribution in [2.45, 2.75) is 13.5 Å². The van der Waals surface area contributed by atoms with Crippen molar-refractivity contribution in [1.82, 2.24) is 9.97 Å². The van der Waals surface area contributed by atoms with E-state index in [0.29, 0.717) is 11.6 Å². The van der Waals surface area contributed by atoms with E-state index < -0.39 is 0 Å². The summed E-state index contributed by atoms with van der Waals surface area (Å²) < 4.78 is 0. The summed E-state index contributed by atoms with van der Waals surface area (Å²) in [7, 11) is 0. The van der Waals surface area contributed by atoms with E-state index in [4.69, 9.17) is 11.6 Å². The molecule has 19 heavy (non-hydrogen) atoms. The van der Waals surface area contributed by atoms with Gasteiger partial charge in [0.15, 0.2) is 0 Å². The predicted molar refractivity (Wildman–Crippen MR) is 80.9 cm³/mol. The number of halogens is 1. The second-order valence-electron chi connectivity index (χ2n) is 4.23. The van der Waals surface area contributed by atoms with Gasteiger partial charge in [-0.15, -0.1) is 11.3 Å². The molecular formula is C14H12ClN3S. The number of nitrogens with one attached hydrogen (secondary N) is 1. The van der Waals surface area contributed by atoms with Crippen molar-refractivity contribution in [2.75, 3.05) is 5.32 Å². The summed E-state index contributed by atoms with van der Waals surface area (Å²) in [5.74, 6) is 0. The zero-order valence-electron chi connectivity index (χ0n) is 10.4. The maximum absolute atomic E-state index is 6.15. The fraction of sp³-hybridized carbons (Fsp3) is 0.143. The Morgan fingerprint density at radius 2 is 2.21 bits per heavy atom. The minimum Gasteiger partial charge on any atom is -0.378 e. The molecule has 3 nitrogen and oxygen atoms in total. The second-order valence-corrected chi connectivity index (χ2v) is 5.58. The van der Waals surface area contributed by atoms with Gasteiger partial charge in [-0.3, -0.25) is 4.98 Å². The van der Waals surface area contributed by atoms with Gasteiger partial charge in [-0.25, -0.2) is 4.98 Å². The number of thiazole rings is 1. The first-order chi connectivity index (χ1) is 9.24. The van der Waals surface area contributed by atoms with Crippen molar-refractivity contribution in [3.8, 4) is 0 Å². The smallest absolute Gasteiger partial charge is 0.112 e. The average molecular weight is 290 g/mol. The number of aromatic nitrogens is 2. The molecule has 3 aromatic rings. The van der Waals surface area contributed by atoms with Gasteiger partial charge in [0.05, 0.1) is 17.1 Å². The largest absolute Gasteiger partial charge is 0.378 e. The highest BCUT2D eigenvalue weighted by Gasteiger charge is 2.06. The highest BCUT2D eigenvalue weighted by Crippen LogP contribution is 2.28. The van der Waals surface area contributed by atoms with Crippen LogP contribution in [0.2, 0.25) is 5.02 Å². The second kappa shape index (κ2) is 5.15. The summed E-state index contributed by atoms with van der Waals surface area (Å²) in [6.07, 6.45) is 1.75. The minimum atomic E-state index is 0.672. The van der Waals surface area contributed by atoms with Crippen LogP contribution in [-0.4, -0.2) is 9.97 Å². The Morgan fingerprint density at radius 1 is 1.32 bits per heavy atom. The van der Waals surface area contributed by atoms with Gasteiger partial charge in [0.1, 0.15) is 5.01 Å². The zero-order valence-corrected chi connectivity index (χ0v) is 11.9. The lowest BCUT2D eigenvalue weighted by Gasteiger charge is -2.09. The van der Waals surface area contributed by atoms with Crippen LogP contribution in [0.3, 0.4) is 0 Å². The third kappa shape index (κ3) is 2.55. The number of benzene rings is 1. The third-order valence-electron chi connectivity index (χ3n) is 2.82. The van der Waals surface area contributed by atoms with Crippen molar-refractivity contribution in [1.29, 1.82) is 0 Å². The summed E-state index contributed by atoms with van der Waals surface area (Å²) in [5, 5.41) is 8.22. The molecule has 0 saturated heterocycles. The van der Waals surface area contributed by atoms with Crippen LogP contribution in [-0.2, 0) is 6.54 Å². The molecule has 0 radical (unpaired) electrons. The van der Waals surface area contributed by atoms with Gasteiger partial charge in [-0.1, -0.05) is 11.6 Å². The number of anilines is 1. The Balaban J connectivity index is 1.91. The van der Waals surface area contributed by atoms with Gasteiger partial charge in [-0.2, -0.15) is 0 Å². The maximum Gasteiger partial charge on any atom is 0.112 e. The SMILES string of the molecule is Cc1csc(CNc2ccc(Cl)c3ncccc23)n1. The molecule has 5 heteroatoms. The van der Waals surface area contributed by atoms with E-state index in [2.05, 4.69) is 20.7 Å². The van der Waals surface area contributed by atoms with Crippen LogP contribution in [0.25, 0.3) is 10.9 Å². The molecule has 1 aromatic carbocycles. The molecule has 0 aliphatic rings. The van der Waals surface area contributed by atoms with Gasteiger partial charge in [-0.05, 0) is 31.2 Å². The monoisotopic (exact) mass is 289 g/mol. The summed E-state index contributed by atoms with van der Waals surface area (Å²) in [6, 6.07) is 7.78. The van der Waals surface area contributed by atoms with E-state index in [1.54, 1.807) is 17.5 Å². The van der Waals surface area contributed by atoms with Gasteiger partial charge in [0.2, 0.25) is 0 Å². The normalized spacial score (nSPS) is 10.8. The fourth-order valence-electron chi connectivity index (χ4n) is 1.95. The molecule has 1 N–H and O–H groups in total. The average Bonchev–Trinajstić information content (AvgIpc) is 2.84. The van der Waals surface area contributed by atoms with Gasteiger partial charge >= 0.3 is 0 Å². The Kier molecular flexibility index (Phi) is 3.36. The predicted octanol–water partition coefficient (Wildman–Crippen LogP) is 4.27. The van der Waals surface area contributed by atoms with E-state index in [-0.39, 0.29) is 0 Å². The first kappa shape index (κ1) is 12.4. The molecule has 0 unspecified atom stereocenters. The van der Waals surface area contributed by atoms with Crippen molar-refractivity contribution < 1.29 is 0 Å². The Morgan fingerprint density at radius 3 is 3.00 bits per heavy atom. The summed E-state index contributed by atoms with van der Waals surface area (Å²) in [4.78, 5) is 8.75. The Bertz CT molecular complexity index is 724. The molecule has 0 aliphatic carbocycles. The number of hydrogen-bond donors (Lipinski definition) is 1. The lowest BCUT2D eigenvalue weighted by atomic mass is 10.2.